The fraction of sp³-hybridized carbons (Fsp3) is 0.682. The Labute approximate surface area is 196 Å². The third-order valence-electron chi connectivity index (χ3n) is 4.62. The maximum absolute atomic E-state index is 13.1. The number of carbonyl (C=O) groups is 1. The fourth-order valence-electron chi connectivity index (χ4n) is 2.85. The van der Waals surface area contributed by atoms with Crippen molar-refractivity contribution >= 4 is 16.1 Å². The molecule has 0 aromatic rings. The van der Waals surface area contributed by atoms with Gasteiger partial charge in [-0.1, -0.05) is 62.6 Å². The van der Waals surface area contributed by atoms with Gasteiger partial charge in [-0.3, -0.25) is 4.79 Å². The molecule has 0 saturated heterocycles. The van der Waals surface area contributed by atoms with Gasteiger partial charge < -0.3 is 9.29 Å². The number of alkyl halides is 6. The molecule has 0 bridgehead atoms. The highest BCUT2D eigenvalue weighted by Crippen LogP contribution is 2.47. The second-order valence-corrected chi connectivity index (χ2v) is 9.00. The van der Waals surface area contributed by atoms with E-state index in [1.807, 2.05) is 18.2 Å². The SMILES string of the molecule is CC/C=C\C/C=C/C/C=C/CCCCCCCC(=O)OC(CS(=O)(=O)[O-])(C(F)(F)F)C(F)(F)F. The van der Waals surface area contributed by atoms with Crippen LogP contribution in [0.4, 0.5) is 26.3 Å². The number of allylic oxidation sites excluding steroid dienone is 6. The first kappa shape index (κ1) is 32.2. The van der Waals surface area contributed by atoms with Gasteiger partial charge in [-0.15, -0.1) is 0 Å². The molecule has 0 unspecified atom stereocenters. The van der Waals surface area contributed by atoms with E-state index in [-0.39, 0.29) is 6.42 Å². The highest BCUT2D eigenvalue weighted by molar-refractivity contribution is 7.85. The summed E-state index contributed by atoms with van der Waals surface area (Å²) in [5.41, 5.74) is -5.40. The number of carbonyl (C=O) groups excluding carboxylic acids is 1. The van der Waals surface area contributed by atoms with Crippen molar-refractivity contribution in [2.75, 3.05) is 5.75 Å². The van der Waals surface area contributed by atoms with Gasteiger partial charge in [-0.05, 0) is 38.5 Å². The molecular weight excluding hydrogens is 490 g/mol. The van der Waals surface area contributed by atoms with E-state index in [9.17, 15) is 44.1 Å². The Morgan fingerprint density at radius 3 is 1.76 bits per heavy atom. The molecule has 0 radical (unpaired) electrons. The van der Waals surface area contributed by atoms with E-state index in [0.29, 0.717) is 12.8 Å². The Balaban J connectivity index is 4.38. The molecule has 5 nitrogen and oxygen atoms in total. The minimum atomic E-state index is -6.34. The van der Waals surface area contributed by atoms with Crippen molar-refractivity contribution in [3.05, 3.63) is 36.5 Å². The number of halogens is 6. The Morgan fingerprint density at radius 1 is 0.794 bits per heavy atom. The van der Waals surface area contributed by atoms with Gasteiger partial charge in [0, 0.05) is 6.42 Å². The zero-order valence-corrected chi connectivity index (χ0v) is 19.8. The summed E-state index contributed by atoms with van der Waals surface area (Å²) in [6.07, 6.45) is 4.89. The molecule has 198 valence electrons. The average molecular weight is 522 g/mol. The van der Waals surface area contributed by atoms with Crippen molar-refractivity contribution in [1.82, 2.24) is 0 Å². The first-order chi connectivity index (χ1) is 15.7. The molecule has 0 amide bonds. The van der Waals surface area contributed by atoms with Crippen molar-refractivity contribution in [3.63, 3.8) is 0 Å². The molecule has 0 N–H and O–H groups in total. The number of esters is 1. The highest BCUT2D eigenvalue weighted by atomic mass is 32.2. The van der Waals surface area contributed by atoms with Gasteiger partial charge in [0.05, 0.1) is 15.9 Å². The van der Waals surface area contributed by atoms with Crippen molar-refractivity contribution in [2.45, 2.75) is 89.1 Å². The molecule has 0 spiro atoms. The lowest BCUT2D eigenvalue weighted by molar-refractivity contribution is -0.361. The zero-order chi connectivity index (χ0) is 26.3. The van der Waals surface area contributed by atoms with Crippen LogP contribution in [0.3, 0.4) is 0 Å². The summed E-state index contributed by atoms with van der Waals surface area (Å²) in [4.78, 5) is 11.6. The quantitative estimate of drug-likeness (QED) is 0.0758. The van der Waals surface area contributed by atoms with Crippen LogP contribution in [0.25, 0.3) is 0 Å². The fourth-order valence-corrected chi connectivity index (χ4v) is 3.74. The number of hydrogen-bond donors (Lipinski definition) is 0. The van der Waals surface area contributed by atoms with Gasteiger partial charge in [0.1, 0.15) is 0 Å². The largest absolute Gasteiger partial charge is 0.748 e. The molecule has 34 heavy (non-hydrogen) atoms. The number of rotatable bonds is 16. The molecule has 0 aliphatic rings. The van der Waals surface area contributed by atoms with Crippen molar-refractivity contribution in [1.29, 1.82) is 0 Å². The maximum Gasteiger partial charge on any atom is 0.438 e. The predicted molar refractivity (Wildman–Crippen MR) is 115 cm³/mol. The van der Waals surface area contributed by atoms with Crippen LogP contribution < -0.4 is 0 Å². The van der Waals surface area contributed by atoms with Crippen LogP contribution in [-0.2, 0) is 19.6 Å². The minimum absolute atomic E-state index is 0.0398. The van der Waals surface area contributed by atoms with Crippen LogP contribution >= 0.6 is 0 Å². The molecule has 0 fully saturated rings. The summed E-state index contributed by atoms with van der Waals surface area (Å²) in [6, 6.07) is 0. The maximum atomic E-state index is 13.1. The van der Waals surface area contributed by atoms with E-state index < -0.39 is 46.2 Å². The lowest BCUT2D eigenvalue weighted by Crippen LogP contribution is -2.63. The van der Waals surface area contributed by atoms with Gasteiger partial charge >= 0.3 is 23.9 Å². The van der Waals surface area contributed by atoms with Crippen LogP contribution in [0, 0.1) is 0 Å². The van der Waals surface area contributed by atoms with E-state index in [1.165, 1.54) is 0 Å². The van der Waals surface area contributed by atoms with Crippen LogP contribution in [0.15, 0.2) is 36.5 Å². The van der Waals surface area contributed by atoms with Gasteiger partial charge in [0.25, 0.3) is 0 Å². The van der Waals surface area contributed by atoms with Crippen LogP contribution in [0.2, 0.25) is 0 Å². The van der Waals surface area contributed by atoms with Crippen LogP contribution in [-0.4, -0.2) is 42.6 Å². The zero-order valence-electron chi connectivity index (χ0n) is 19.0. The highest BCUT2D eigenvalue weighted by Gasteiger charge is 2.75. The van der Waals surface area contributed by atoms with E-state index in [4.69, 9.17) is 0 Å². The van der Waals surface area contributed by atoms with Gasteiger partial charge in [0.2, 0.25) is 0 Å². The standard InChI is InChI=1S/C22H32F6O5S/c1-2-3-4-5-6-7-8-9-10-11-12-13-14-15-16-17-19(29)33-20(21(23,24)25,22(26,27)28)18-34(30,31)32/h3-4,6-7,9-10H,2,5,8,11-18H2,1H3,(H,30,31,32)/p-1/b4-3-,7-6+,10-9+. The van der Waals surface area contributed by atoms with E-state index in [0.717, 1.165) is 38.5 Å². The number of ether oxygens (including phenoxy) is 1. The molecule has 0 heterocycles. The van der Waals surface area contributed by atoms with Crippen molar-refractivity contribution in [2.24, 2.45) is 0 Å². The second-order valence-electron chi connectivity index (χ2n) is 7.60. The molecule has 0 aliphatic carbocycles. The number of hydrogen-bond acceptors (Lipinski definition) is 5. The first-order valence-corrected chi connectivity index (χ1v) is 12.5. The van der Waals surface area contributed by atoms with Crippen molar-refractivity contribution in [3.8, 4) is 0 Å². The van der Waals surface area contributed by atoms with Gasteiger partial charge in [-0.2, -0.15) is 26.3 Å². The van der Waals surface area contributed by atoms with Gasteiger partial charge in [-0.25, -0.2) is 8.42 Å². The summed E-state index contributed by atoms with van der Waals surface area (Å²) < 4.78 is 114. The summed E-state index contributed by atoms with van der Waals surface area (Å²) in [7, 11) is -6.02. The van der Waals surface area contributed by atoms with E-state index >= 15 is 0 Å². The van der Waals surface area contributed by atoms with E-state index in [2.05, 4.69) is 29.9 Å². The van der Waals surface area contributed by atoms with Gasteiger partial charge in [0.15, 0.2) is 0 Å². The monoisotopic (exact) mass is 521 g/mol. The lowest BCUT2D eigenvalue weighted by atomic mass is 10.1. The molecular formula is C22H31F6O5S-. The average Bonchev–Trinajstić information content (AvgIpc) is 2.67. The Kier molecular flexibility index (Phi) is 14.4. The first-order valence-electron chi connectivity index (χ1n) is 10.9. The molecule has 0 atom stereocenters. The topological polar surface area (TPSA) is 83.5 Å². The normalized spacial score (nSPS) is 14.0. The Hall–Kier alpha value is -1.82. The smallest absolute Gasteiger partial charge is 0.438 e. The van der Waals surface area contributed by atoms with Crippen LogP contribution in [0.1, 0.15) is 71.1 Å². The second kappa shape index (κ2) is 15.2. The third-order valence-corrected chi connectivity index (χ3v) is 5.38. The molecule has 0 saturated carbocycles. The third kappa shape index (κ3) is 13.2. The summed E-state index contributed by atoms with van der Waals surface area (Å²) >= 11 is 0. The Bertz CT molecular complexity index is 769. The molecule has 12 heteroatoms. The van der Waals surface area contributed by atoms with E-state index in [1.54, 1.807) is 0 Å². The summed E-state index contributed by atoms with van der Waals surface area (Å²) in [6.45, 7) is 2.06. The molecule has 0 rings (SSSR count). The minimum Gasteiger partial charge on any atom is -0.748 e. The lowest BCUT2D eigenvalue weighted by Gasteiger charge is -2.36. The molecule has 0 aromatic heterocycles. The molecule has 0 aromatic carbocycles. The van der Waals surface area contributed by atoms with Crippen LogP contribution in [0.5, 0.6) is 0 Å². The Morgan fingerprint density at radius 2 is 1.26 bits per heavy atom. The van der Waals surface area contributed by atoms with Crippen molar-refractivity contribution < 1.29 is 48.8 Å². The predicted octanol–water partition coefficient (Wildman–Crippen LogP) is 6.53. The summed E-state index contributed by atoms with van der Waals surface area (Å²) in [5, 5.41) is 0. The summed E-state index contributed by atoms with van der Waals surface area (Å²) in [5.74, 6) is -4.85. The molecule has 0 aliphatic heterocycles. The number of unbranched alkanes of at least 4 members (excludes halogenated alkanes) is 5.